The smallest absolute Gasteiger partial charge is 0.342 e. The van der Waals surface area contributed by atoms with Gasteiger partial charge in [0.2, 0.25) is 5.88 Å². The first kappa shape index (κ1) is 19.0. The van der Waals surface area contributed by atoms with Gasteiger partial charge in [0.1, 0.15) is 16.9 Å². The first-order chi connectivity index (χ1) is 12.3. The number of nitrogens with one attached hydrogen (secondary N) is 1. The van der Waals surface area contributed by atoms with Crippen molar-refractivity contribution in [3.05, 3.63) is 47.0 Å². The quantitative estimate of drug-likeness (QED) is 0.725. The fourth-order valence-corrected chi connectivity index (χ4v) is 2.18. The van der Waals surface area contributed by atoms with E-state index in [1.807, 2.05) is 0 Å². The fourth-order valence-electron chi connectivity index (χ4n) is 2.18. The van der Waals surface area contributed by atoms with E-state index in [1.54, 1.807) is 13.0 Å². The molecule has 0 radical (unpaired) electrons. The number of benzene rings is 1. The molecule has 0 atom stereocenters. The van der Waals surface area contributed by atoms with Crippen molar-refractivity contribution >= 4 is 23.7 Å². The molecule has 8 nitrogen and oxygen atoms in total. The van der Waals surface area contributed by atoms with Gasteiger partial charge in [-0.25, -0.2) is 9.18 Å². The maximum Gasteiger partial charge on any atom is 0.342 e. The first-order valence-electron chi connectivity index (χ1n) is 7.62. The Hall–Kier alpha value is -3.36. The van der Waals surface area contributed by atoms with Crippen molar-refractivity contribution in [1.29, 1.82) is 0 Å². The third-order valence-electron chi connectivity index (χ3n) is 3.26. The molecule has 26 heavy (non-hydrogen) atoms. The zero-order chi connectivity index (χ0) is 19.3. The minimum Gasteiger partial charge on any atom is -0.481 e. The summed E-state index contributed by atoms with van der Waals surface area (Å²) in [5.41, 5.74) is 4.82. The van der Waals surface area contributed by atoms with Crippen LogP contribution in [0.5, 0.6) is 5.75 Å². The summed E-state index contributed by atoms with van der Waals surface area (Å²) in [6.45, 7) is 2.55. The molecular weight excluding hydrogens is 347 g/mol. The second-order valence-corrected chi connectivity index (χ2v) is 5.09. The van der Waals surface area contributed by atoms with Crippen molar-refractivity contribution in [3.63, 3.8) is 0 Å². The molecule has 1 aromatic carbocycles. The Morgan fingerprint density at radius 2 is 1.92 bits per heavy atom. The van der Waals surface area contributed by atoms with E-state index in [2.05, 4.69) is 5.32 Å². The molecule has 0 bridgehead atoms. The lowest BCUT2D eigenvalue weighted by molar-refractivity contribution is -0.118. The highest BCUT2D eigenvalue weighted by Gasteiger charge is 2.29. The van der Waals surface area contributed by atoms with Crippen molar-refractivity contribution < 1.29 is 32.7 Å². The van der Waals surface area contributed by atoms with Gasteiger partial charge in [0, 0.05) is 0 Å². The Labute approximate surface area is 148 Å². The van der Waals surface area contributed by atoms with Crippen LogP contribution >= 0.6 is 0 Å². The lowest BCUT2D eigenvalue weighted by Gasteiger charge is -2.07. The number of ether oxygens (including phenoxy) is 2. The molecule has 0 aliphatic heterocycles. The van der Waals surface area contributed by atoms with Crippen molar-refractivity contribution in [2.75, 3.05) is 18.5 Å². The van der Waals surface area contributed by atoms with E-state index in [-0.39, 0.29) is 35.1 Å². The number of hydrogen-bond donors (Lipinski definition) is 2. The van der Waals surface area contributed by atoms with Crippen LogP contribution in [0.2, 0.25) is 0 Å². The number of carbonyl (C=O) groups excluding carboxylic acids is 3. The highest BCUT2D eigenvalue weighted by molar-refractivity contribution is 6.10. The van der Waals surface area contributed by atoms with E-state index in [4.69, 9.17) is 19.6 Å². The van der Waals surface area contributed by atoms with Crippen LogP contribution in [0.15, 0.2) is 28.7 Å². The maximum atomic E-state index is 13.5. The molecule has 0 unspecified atom stereocenters. The van der Waals surface area contributed by atoms with Crippen LogP contribution in [0, 0.1) is 12.7 Å². The van der Waals surface area contributed by atoms with E-state index in [0.29, 0.717) is 0 Å². The normalized spacial score (nSPS) is 10.3. The molecule has 9 heteroatoms. The van der Waals surface area contributed by atoms with Crippen LogP contribution in [0.4, 0.5) is 10.3 Å². The van der Waals surface area contributed by atoms with Crippen molar-refractivity contribution in [3.8, 4) is 5.75 Å². The standard InChI is InChI=1S/C17H17FN2O6/c1-3-24-17(23)13-9(2)26-16(14(13)15(19)22)20-12(21)8-25-11-7-5-4-6-10(11)18/h4-7H,3,8H2,1-2H3,(H2,19,22)(H,20,21). The number of amides is 2. The highest BCUT2D eigenvalue weighted by Crippen LogP contribution is 2.27. The Morgan fingerprint density at radius 3 is 2.54 bits per heavy atom. The van der Waals surface area contributed by atoms with Crippen LogP contribution < -0.4 is 15.8 Å². The Balaban J connectivity index is 2.17. The minimum absolute atomic E-state index is 0.0579. The van der Waals surface area contributed by atoms with Crippen molar-refractivity contribution in [2.24, 2.45) is 5.73 Å². The number of esters is 1. The number of furan rings is 1. The lowest BCUT2D eigenvalue weighted by Crippen LogP contribution is -2.23. The Kier molecular flexibility index (Phi) is 5.94. The number of anilines is 1. The van der Waals surface area contributed by atoms with Gasteiger partial charge < -0.3 is 19.6 Å². The molecule has 0 saturated heterocycles. The minimum atomic E-state index is -0.977. The summed E-state index contributed by atoms with van der Waals surface area (Å²) in [6.07, 6.45) is 0. The molecular formula is C17H17FN2O6. The van der Waals surface area contributed by atoms with Crippen LogP contribution in [-0.4, -0.2) is 31.0 Å². The van der Waals surface area contributed by atoms with Crippen LogP contribution in [0.3, 0.4) is 0 Å². The summed E-state index contributed by atoms with van der Waals surface area (Å²) in [5.74, 6) is -3.50. The third-order valence-corrected chi connectivity index (χ3v) is 3.26. The number of para-hydroxylation sites is 1. The number of aryl methyl sites for hydroxylation is 1. The van der Waals surface area contributed by atoms with Gasteiger partial charge in [-0.2, -0.15) is 0 Å². The molecule has 0 fully saturated rings. The predicted molar refractivity (Wildman–Crippen MR) is 88.4 cm³/mol. The van der Waals surface area contributed by atoms with Gasteiger partial charge in [-0.3, -0.25) is 14.9 Å². The summed E-state index contributed by atoms with van der Waals surface area (Å²) in [5, 5.41) is 2.28. The zero-order valence-corrected chi connectivity index (χ0v) is 14.1. The van der Waals surface area contributed by atoms with Gasteiger partial charge in [0.15, 0.2) is 18.2 Å². The van der Waals surface area contributed by atoms with Gasteiger partial charge in [-0.15, -0.1) is 0 Å². The average molecular weight is 364 g/mol. The van der Waals surface area contributed by atoms with Gasteiger partial charge in [-0.05, 0) is 26.0 Å². The Bertz CT molecular complexity index is 846. The van der Waals surface area contributed by atoms with E-state index in [0.717, 1.165) is 0 Å². The number of nitrogens with two attached hydrogens (primary N) is 1. The summed E-state index contributed by atoms with van der Waals surface area (Å²) in [4.78, 5) is 35.7. The molecule has 1 aromatic heterocycles. The van der Waals surface area contributed by atoms with E-state index in [9.17, 15) is 18.8 Å². The van der Waals surface area contributed by atoms with Crippen LogP contribution in [0.1, 0.15) is 33.4 Å². The summed E-state index contributed by atoms with van der Waals surface area (Å²) in [6, 6.07) is 5.56. The molecule has 2 rings (SSSR count). The second-order valence-electron chi connectivity index (χ2n) is 5.09. The summed E-state index contributed by atoms with van der Waals surface area (Å²) >= 11 is 0. The topological polar surface area (TPSA) is 121 Å². The van der Waals surface area contributed by atoms with Gasteiger partial charge in [-0.1, -0.05) is 12.1 Å². The number of carbonyl (C=O) groups is 3. The van der Waals surface area contributed by atoms with E-state index < -0.39 is 30.2 Å². The van der Waals surface area contributed by atoms with Crippen molar-refractivity contribution in [2.45, 2.75) is 13.8 Å². The zero-order valence-electron chi connectivity index (χ0n) is 14.1. The SMILES string of the molecule is CCOC(=O)c1c(C)oc(NC(=O)COc2ccccc2F)c1C(N)=O. The number of hydrogen-bond acceptors (Lipinski definition) is 6. The van der Waals surface area contributed by atoms with Crippen LogP contribution in [-0.2, 0) is 9.53 Å². The predicted octanol–water partition coefficient (Wildman–Crippen LogP) is 2.02. The molecule has 3 N–H and O–H groups in total. The average Bonchev–Trinajstić information content (AvgIpc) is 2.90. The number of halogens is 1. The molecule has 2 amide bonds. The molecule has 1 heterocycles. The lowest BCUT2D eigenvalue weighted by atomic mass is 10.1. The fraction of sp³-hybridized carbons (Fsp3) is 0.235. The monoisotopic (exact) mass is 364 g/mol. The van der Waals surface area contributed by atoms with Crippen molar-refractivity contribution in [1.82, 2.24) is 0 Å². The van der Waals surface area contributed by atoms with E-state index >= 15 is 0 Å². The second kappa shape index (κ2) is 8.15. The molecule has 0 aliphatic carbocycles. The largest absolute Gasteiger partial charge is 0.481 e. The Morgan fingerprint density at radius 1 is 1.23 bits per heavy atom. The first-order valence-corrected chi connectivity index (χ1v) is 7.62. The maximum absolute atomic E-state index is 13.5. The summed E-state index contributed by atoms with van der Waals surface area (Å²) in [7, 11) is 0. The number of rotatable bonds is 7. The molecule has 2 aromatic rings. The summed E-state index contributed by atoms with van der Waals surface area (Å²) < 4.78 is 28.6. The molecule has 0 spiro atoms. The number of primary amides is 1. The molecule has 138 valence electrons. The van der Waals surface area contributed by atoms with E-state index in [1.165, 1.54) is 25.1 Å². The van der Waals surface area contributed by atoms with Gasteiger partial charge in [0.25, 0.3) is 11.8 Å². The molecule has 0 saturated carbocycles. The van der Waals surface area contributed by atoms with Crippen LogP contribution in [0.25, 0.3) is 0 Å². The van der Waals surface area contributed by atoms with Gasteiger partial charge in [0.05, 0.1) is 6.61 Å². The highest BCUT2D eigenvalue weighted by atomic mass is 19.1. The third kappa shape index (κ3) is 4.18. The molecule has 0 aliphatic rings. The van der Waals surface area contributed by atoms with Gasteiger partial charge >= 0.3 is 5.97 Å².